The summed E-state index contributed by atoms with van der Waals surface area (Å²) in [6, 6.07) is 0. The quantitative estimate of drug-likeness (QED) is 0.477. The van der Waals surface area contributed by atoms with Crippen molar-refractivity contribution in [3.8, 4) is 0 Å². The van der Waals surface area contributed by atoms with Gasteiger partial charge >= 0.3 is 0 Å². The van der Waals surface area contributed by atoms with Crippen LogP contribution in [-0.4, -0.2) is 59.8 Å². The first-order chi connectivity index (χ1) is 6.47. The number of rotatable bonds is 7. The maximum absolute atomic E-state index is 10.9. The number of aliphatic hydroxyl groups is 2. The van der Waals surface area contributed by atoms with Gasteiger partial charge in [-0.2, -0.15) is 8.42 Å². The minimum absolute atomic E-state index is 0.110. The summed E-state index contributed by atoms with van der Waals surface area (Å²) < 4.78 is 30.7. The molecule has 0 saturated heterocycles. The molecule has 0 amide bonds. The second kappa shape index (κ2) is 6.31. The Morgan fingerprint density at radius 3 is 1.86 bits per heavy atom. The van der Waals surface area contributed by atoms with Gasteiger partial charge in [-0.25, -0.2) is 0 Å². The largest absolute Gasteiger partial charge is 0.395 e. The minimum Gasteiger partial charge on any atom is -0.395 e. The van der Waals surface area contributed by atoms with Crippen molar-refractivity contribution in [1.82, 2.24) is 4.90 Å². The van der Waals surface area contributed by atoms with E-state index in [1.807, 2.05) is 0 Å². The molecule has 0 saturated carbocycles. The van der Waals surface area contributed by atoms with Gasteiger partial charge < -0.3 is 10.2 Å². The molecule has 0 aliphatic heterocycles. The van der Waals surface area contributed by atoms with Crippen LogP contribution in [0.1, 0.15) is 13.3 Å². The van der Waals surface area contributed by atoms with Gasteiger partial charge in [-0.05, 0) is 6.42 Å². The van der Waals surface area contributed by atoms with Gasteiger partial charge in [-0.15, -0.1) is 0 Å². The van der Waals surface area contributed by atoms with E-state index in [0.29, 0.717) is 0 Å². The van der Waals surface area contributed by atoms with Crippen LogP contribution in [0.25, 0.3) is 0 Å². The van der Waals surface area contributed by atoms with Crippen LogP contribution < -0.4 is 0 Å². The van der Waals surface area contributed by atoms with Crippen LogP contribution in [0.5, 0.6) is 0 Å². The Bertz CT molecular complexity index is 234. The second-order valence-corrected chi connectivity index (χ2v) is 4.44. The molecule has 0 rings (SSSR count). The first kappa shape index (κ1) is 13.8. The third-order valence-electron chi connectivity index (χ3n) is 1.87. The van der Waals surface area contributed by atoms with E-state index in [9.17, 15) is 8.42 Å². The zero-order valence-corrected chi connectivity index (χ0v) is 8.94. The molecule has 0 aromatic heterocycles. The fraction of sp³-hybridized carbons (Fsp3) is 1.00. The summed E-state index contributed by atoms with van der Waals surface area (Å²) in [4.78, 5) is 1.33. The lowest BCUT2D eigenvalue weighted by Crippen LogP contribution is -2.43. The molecule has 86 valence electrons. The second-order valence-electron chi connectivity index (χ2n) is 2.86. The molecule has 0 aromatic rings. The van der Waals surface area contributed by atoms with Crippen LogP contribution in [-0.2, 0) is 10.1 Å². The van der Waals surface area contributed by atoms with Gasteiger partial charge in [0.1, 0.15) is 5.37 Å². The van der Waals surface area contributed by atoms with Crippen LogP contribution in [0.15, 0.2) is 0 Å². The van der Waals surface area contributed by atoms with E-state index in [0.717, 1.165) is 0 Å². The fourth-order valence-corrected chi connectivity index (χ4v) is 2.32. The molecular formula is C7H17NO5S. The maximum Gasteiger partial charge on any atom is 0.281 e. The van der Waals surface area contributed by atoms with Crippen LogP contribution in [0.3, 0.4) is 0 Å². The van der Waals surface area contributed by atoms with Gasteiger partial charge in [0, 0.05) is 13.1 Å². The summed E-state index contributed by atoms with van der Waals surface area (Å²) in [6.45, 7) is 1.40. The molecule has 6 nitrogen and oxygen atoms in total. The summed E-state index contributed by atoms with van der Waals surface area (Å²) in [7, 11) is -4.15. The molecule has 1 atom stereocenters. The number of hydrogen-bond acceptors (Lipinski definition) is 5. The lowest BCUT2D eigenvalue weighted by molar-refractivity contribution is 0.143. The van der Waals surface area contributed by atoms with E-state index in [-0.39, 0.29) is 32.7 Å². The van der Waals surface area contributed by atoms with Crippen molar-refractivity contribution >= 4 is 10.1 Å². The summed E-state index contributed by atoms with van der Waals surface area (Å²) in [5, 5.41) is 16.3. The molecule has 0 aromatic carbocycles. The van der Waals surface area contributed by atoms with Crippen molar-refractivity contribution in [1.29, 1.82) is 0 Å². The molecule has 0 aliphatic carbocycles. The topological polar surface area (TPSA) is 98.1 Å². The van der Waals surface area contributed by atoms with Gasteiger partial charge in [0.2, 0.25) is 0 Å². The molecule has 7 heteroatoms. The molecule has 0 fully saturated rings. The van der Waals surface area contributed by atoms with E-state index in [2.05, 4.69) is 0 Å². The average Bonchev–Trinajstić information content (AvgIpc) is 2.03. The zero-order valence-electron chi connectivity index (χ0n) is 8.13. The van der Waals surface area contributed by atoms with Crippen LogP contribution >= 0.6 is 0 Å². The number of nitrogens with zero attached hydrogens (tertiary/aromatic N) is 1. The molecule has 14 heavy (non-hydrogen) atoms. The molecular weight excluding hydrogens is 210 g/mol. The van der Waals surface area contributed by atoms with Crippen LogP contribution in [0.2, 0.25) is 0 Å². The highest BCUT2D eigenvalue weighted by molar-refractivity contribution is 7.86. The molecule has 0 aliphatic rings. The molecule has 0 heterocycles. The highest BCUT2D eigenvalue weighted by atomic mass is 32.2. The molecule has 0 spiro atoms. The highest BCUT2D eigenvalue weighted by Crippen LogP contribution is 2.09. The van der Waals surface area contributed by atoms with Gasteiger partial charge in [0.25, 0.3) is 10.1 Å². The Morgan fingerprint density at radius 1 is 1.21 bits per heavy atom. The smallest absolute Gasteiger partial charge is 0.281 e. The molecule has 0 bridgehead atoms. The Kier molecular flexibility index (Phi) is 6.21. The number of aliphatic hydroxyl groups excluding tert-OH is 2. The van der Waals surface area contributed by atoms with E-state index in [1.165, 1.54) is 4.90 Å². The SMILES string of the molecule is CCC(N(CCO)CCO)S(=O)(=O)O. The third kappa shape index (κ3) is 4.34. The Balaban J connectivity index is 4.58. The lowest BCUT2D eigenvalue weighted by atomic mass is 10.4. The van der Waals surface area contributed by atoms with Crippen molar-refractivity contribution in [2.24, 2.45) is 0 Å². The predicted molar refractivity (Wildman–Crippen MR) is 51.4 cm³/mol. The standard InChI is InChI=1S/C7H17NO5S/c1-2-7(14(11,12)13)8(3-5-9)4-6-10/h7,9-10H,2-6H2,1H3,(H,11,12,13). The van der Waals surface area contributed by atoms with Crippen molar-refractivity contribution in [3.63, 3.8) is 0 Å². The van der Waals surface area contributed by atoms with Crippen molar-refractivity contribution in [3.05, 3.63) is 0 Å². The zero-order chi connectivity index (χ0) is 11.2. The van der Waals surface area contributed by atoms with Gasteiger partial charge in [0.15, 0.2) is 0 Å². The Labute approximate surface area is 83.9 Å². The summed E-state index contributed by atoms with van der Waals surface area (Å²) in [5.74, 6) is 0. The predicted octanol–water partition coefficient (Wildman–Crippen LogP) is -1.10. The fourth-order valence-electron chi connectivity index (χ4n) is 1.31. The van der Waals surface area contributed by atoms with E-state index in [4.69, 9.17) is 14.8 Å². The Morgan fingerprint density at radius 2 is 1.64 bits per heavy atom. The summed E-state index contributed by atoms with van der Waals surface area (Å²) in [6.07, 6.45) is 0.207. The van der Waals surface area contributed by atoms with Crippen LogP contribution in [0.4, 0.5) is 0 Å². The van der Waals surface area contributed by atoms with Crippen molar-refractivity contribution in [2.45, 2.75) is 18.7 Å². The highest BCUT2D eigenvalue weighted by Gasteiger charge is 2.27. The van der Waals surface area contributed by atoms with E-state index >= 15 is 0 Å². The molecule has 1 unspecified atom stereocenters. The van der Waals surface area contributed by atoms with Gasteiger partial charge in [-0.1, -0.05) is 6.92 Å². The first-order valence-electron chi connectivity index (χ1n) is 4.39. The van der Waals surface area contributed by atoms with Crippen molar-refractivity contribution in [2.75, 3.05) is 26.3 Å². The summed E-state index contributed by atoms with van der Waals surface area (Å²) >= 11 is 0. The maximum atomic E-state index is 10.9. The molecule has 0 radical (unpaired) electrons. The third-order valence-corrected chi connectivity index (χ3v) is 3.19. The summed E-state index contributed by atoms with van der Waals surface area (Å²) in [5.41, 5.74) is 0. The first-order valence-corrected chi connectivity index (χ1v) is 5.89. The van der Waals surface area contributed by atoms with Gasteiger partial charge in [-0.3, -0.25) is 9.45 Å². The van der Waals surface area contributed by atoms with E-state index in [1.54, 1.807) is 6.92 Å². The van der Waals surface area contributed by atoms with Gasteiger partial charge in [0.05, 0.1) is 13.2 Å². The Hall–Kier alpha value is -0.210. The molecule has 3 N–H and O–H groups in total. The average molecular weight is 227 g/mol. The number of hydrogen-bond donors (Lipinski definition) is 3. The van der Waals surface area contributed by atoms with Crippen LogP contribution in [0, 0.1) is 0 Å². The minimum atomic E-state index is -4.15. The van der Waals surface area contributed by atoms with Crippen molar-refractivity contribution < 1.29 is 23.2 Å². The normalized spacial score (nSPS) is 14.6. The lowest BCUT2D eigenvalue weighted by Gasteiger charge is -2.27. The van der Waals surface area contributed by atoms with E-state index < -0.39 is 15.5 Å². The monoisotopic (exact) mass is 227 g/mol.